The third kappa shape index (κ3) is 5.87. The first kappa shape index (κ1) is 16.2. The summed E-state index contributed by atoms with van der Waals surface area (Å²) in [6.45, 7) is 8.76. The molecule has 4 nitrogen and oxygen atoms in total. The number of carbonyl (C=O) groups is 2. The predicted octanol–water partition coefficient (Wildman–Crippen LogP) is 3.06. The lowest BCUT2D eigenvalue weighted by molar-refractivity contribution is -0.116. The molecule has 2 amide bonds. The number of anilines is 1. The van der Waals surface area contributed by atoms with Crippen molar-refractivity contribution in [2.75, 3.05) is 11.9 Å². The molecule has 0 spiro atoms. The molecule has 2 N–H and O–H groups in total. The van der Waals surface area contributed by atoms with Crippen LogP contribution in [0.4, 0.5) is 5.69 Å². The average molecular weight is 276 g/mol. The second-order valence-corrected chi connectivity index (χ2v) is 5.83. The number of amides is 2. The van der Waals surface area contributed by atoms with E-state index in [0.717, 1.165) is 5.69 Å². The second kappa shape index (κ2) is 7.68. The highest BCUT2D eigenvalue weighted by Gasteiger charge is 2.08. The van der Waals surface area contributed by atoms with Crippen molar-refractivity contribution in [3.63, 3.8) is 0 Å². The Labute approximate surface area is 121 Å². The van der Waals surface area contributed by atoms with Gasteiger partial charge >= 0.3 is 0 Å². The van der Waals surface area contributed by atoms with Crippen molar-refractivity contribution in [1.82, 2.24) is 5.32 Å². The van der Waals surface area contributed by atoms with Crippen LogP contribution in [0.25, 0.3) is 0 Å². The second-order valence-electron chi connectivity index (χ2n) is 5.83. The Bertz CT molecular complexity index is 450. The number of rotatable bonds is 6. The maximum absolute atomic E-state index is 11.8. The molecular formula is C16H24N2O2. The van der Waals surface area contributed by atoms with E-state index in [-0.39, 0.29) is 11.8 Å². The molecule has 0 bridgehead atoms. The summed E-state index contributed by atoms with van der Waals surface area (Å²) in [5, 5.41) is 5.68. The summed E-state index contributed by atoms with van der Waals surface area (Å²) in [5.74, 6) is 0.667. The molecule has 0 aliphatic rings. The van der Waals surface area contributed by atoms with Crippen LogP contribution in [0.15, 0.2) is 24.3 Å². The fourth-order valence-electron chi connectivity index (χ4n) is 1.69. The normalized spacial score (nSPS) is 10.7. The molecule has 0 radical (unpaired) electrons. The molecule has 0 saturated heterocycles. The Morgan fingerprint density at radius 2 is 1.60 bits per heavy atom. The lowest BCUT2D eigenvalue weighted by atomic mass is 10.1. The van der Waals surface area contributed by atoms with Gasteiger partial charge in [0.15, 0.2) is 0 Å². The molecule has 4 heteroatoms. The van der Waals surface area contributed by atoms with Crippen LogP contribution < -0.4 is 10.6 Å². The molecule has 0 atom stereocenters. The molecule has 1 aromatic carbocycles. The van der Waals surface area contributed by atoms with E-state index < -0.39 is 0 Å². The quantitative estimate of drug-likeness (QED) is 0.839. The van der Waals surface area contributed by atoms with Gasteiger partial charge in [0, 0.05) is 24.2 Å². The average Bonchev–Trinajstić information content (AvgIpc) is 2.35. The molecule has 0 aliphatic carbocycles. The first-order valence-corrected chi connectivity index (χ1v) is 7.06. The van der Waals surface area contributed by atoms with Crippen LogP contribution in [0, 0.1) is 11.8 Å². The van der Waals surface area contributed by atoms with Crippen molar-refractivity contribution in [1.29, 1.82) is 0 Å². The molecule has 0 aliphatic heterocycles. The Hall–Kier alpha value is -1.84. The van der Waals surface area contributed by atoms with Gasteiger partial charge in [-0.2, -0.15) is 0 Å². The minimum Gasteiger partial charge on any atom is -0.352 e. The molecule has 1 aromatic rings. The lowest BCUT2D eigenvalue weighted by Gasteiger charge is -2.09. The van der Waals surface area contributed by atoms with E-state index >= 15 is 0 Å². The number of nitrogens with one attached hydrogen (secondary N) is 2. The van der Waals surface area contributed by atoms with Crippen molar-refractivity contribution in [3.05, 3.63) is 29.8 Å². The van der Waals surface area contributed by atoms with Crippen molar-refractivity contribution >= 4 is 17.5 Å². The van der Waals surface area contributed by atoms with Crippen molar-refractivity contribution in [2.24, 2.45) is 11.8 Å². The molecule has 1 rings (SSSR count). The number of benzene rings is 1. The zero-order valence-electron chi connectivity index (χ0n) is 12.7. The van der Waals surface area contributed by atoms with Crippen molar-refractivity contribution < 1.29 is 9.59 Å². The van der Waals surface area contributed by atoms with Gasteiger partial charge in [-0.3, -0.25) is 9.59 Å². The van der Waals surface area contributed by atoms with Gasteiger partial charge < -0.3 is 10.6 Å². The Balaban J connectivity index is 2.55. The topological polar surface area (TPSA) is 58.2 Å². The van der Waals surface area contributed by atoms with Crippen LogP contribution in [0.3, 0.4) is 0 Å². The number of hydrogen-bond acceptors (Lipinski definition) is 2. The zero-order chi connectivity index (χ0) is 15.1. The standard InChI is InChI=1S/C16H24N2O2/c1-11(2)9-15(19)18-14-7-5-13(6-8-14)16(20)17-10-12(3)4/h5-8,11-12H,9-10H2,1-4H3,(H,17,20)(H,18,19). The fourth-order valence-corrected chi connectivity index (χ4v) is 1.69. The summed E-state index contributed by atoms with van der Waals surface area (Å²) < 4.78 is 0. The third-order valence-corrected chi connectivity index (χ3v) is 2.70. The fraction of sp³-hybridized carbons (Fsp3) is 0.500. The van der Waals surface area contributed by atoms with Crippen LogP contribution in [0.5, 0.6) is 0 Å². The largest absolute Gasteiger partial charge is 0.352 e. The Kier molecular flexibility index (Phi) is 6.22. The molecule has 20 heavy (non-hydrogen) atoms. The van der Waals surface area contributed by atoms with Gasteiger partial charge in [0.05, 0.1) is 0 Å². The summed E-state index contributed by atoms with van der Waals surface area (Å²) in [5.41, 5.74) is 1.32. The van der Waals surface area contributed by atoms with Crippen molar-refractivity contribution in [2.45, 2.75) is 34.1 Å². The highest BCUT2D eigenvalue weighted by atomic mass is 16.2. The van der Waals surface area contributed by atoms with Crippen LogP contribution in [0.1, 0.15) is 44.5 Å². The van der Waals surface area contributed by atoms with Crippen LogP contribution >= 0.6 is 0 Å². The molecule has 0 aromatic heterocycles. The number of hydrogen-bond donors (Lipinski definition) is 2. The van der Waals surface area contributed by atoms with E-state index in [9.17, 15) is 9.59 Å². The van der Waals surface area contributed by atoms with Crippen LogP contribution in [0.2, 0.25) is 0 Å². The van der Waals surface area contributed by atoms with E-state index in [1.165, 1.54) is 0 Å². The highest BCUT2D eigenvalue weighted by molar-refractivity contribution is 5.95. The van der Waals surface area contributed by atoms with Gasteiger partial charge in [-0.25, -0.2) is 0 Å². The van der Waals surface area contributed by atoms with Gasteiger partial charge in [-0.15, -0.1) is 0 Å². The van der Waals surface area contributed by atoms with E-state index in [0.29, 0.717) is 30.4 Å². The minimum absolute atomic E-state index is 0.00277. The van der Waals surface area contributed by atoms with Gasteiger partial charge in [0.25, 0.3) is 5.91 Å². The summed E-state index contributed by atoms with van der Waals surface area (Å²) in [4.78, 5) is 23.5. The summed E-state index contributed by atoms with van der Waals surface area (Å²) in [6, 6.07) is 6.95. The maximum atomic E-state index is 11.8. The lowest BCUT2D eigenvalue weighted by Crippen LogP contribution is -2.27. The molecule has 0 unspecified atom stereocenters. The zero-order valence-corrected chi connectivity index (χ0v) is 12.7. The highest BCUT2D eigenvalue weighted by Crippen LogP contribution is 2.11. The summed E-state index contributed by atoms with van der Waals surface area (Å²) in [6.07, 6.45) is 0.497. The number of carbonyl (C=O) groups excluding carboxylic acids is 2. The molecule has 0 saturated carbocycles. The molecular weight excluding hydrogens is 252 g/mol. The Morgan fingerprint density at radius 1 is 1.00 bits per heavy atom. The summed E-state index contributed by atoms with van der Waals surface area (Å²) in [7, 11) is 0. The Morgan fingerprint density at radius 3 is 2.10 bits per heavy atom. The van der Waals surface area contributed by atoms with Crippen molar-refractivity contribution in [3.8, 4) is 0 Å². The van der Waals surface area contributed by atoms with E-state index in [1.807, 2.05) is 27.7 Å². The van der Waals surface area contributed by atoms with Gasteiger partial charge in [0.2, 0.25) is 5.91 Å². The van der Waals surface area contributed by atoms with E-state index in [1.54, 1.807) is 24.3 Å². The summed E-state index contributed by atoms with van der Waals surface area (Å²) >= 11 is 0. The maximum Gasteiger partial charge on any atom is 0.251 e. The first-order chi connectivity index (χ1) is 9.38. The van der Waals surface area contributed by atoms with Crippen LogP contribution in [-0.2, 0) is 4.79 Å². The molecule has 0 heterocycles. The van der Waals surface area contributed by atoms with Gasteiger partial charge in [0.1, 0.15) is 0 Å². The van der Waals surface area contributed by atoms with E-state index in [4.69, 9.17) is 0 Å². The first-order valence-electron chi connectivity index (χ1n) is 7.06. The monoisotopic (exact) mass is 276 g/mol. The third-order valence-electron chi connectivity index (χ3n) is 2.70. The molecule has 110 valence electrons. The van der Waals surface area contributed by atoms with Gasteiger partial charge in [-0.05, 0) is 36.1 Å². The predicted molar refractivity (Wildman–Crippen MR) is 81.7 cm³/mol. The minimum atomic E-state index is -0.0845. The SMILES string of the molecule is CC(C)CNC(=O)c1ccc(NC(=O)CC(C)C)cc1. The van der Waals surface area contributed by atoms with Crippen LogP contribution in [-0.4, -0.2) is 18.4 Å². The molecule has 0 fully saturated rings. The smallest absolute Gasteiger partial charge is 0.251 e. The van der Waals surface area contributed by atoms with E-state index in [2.05, 4.69) is 10.6 Å². The van der Waals surface area contributed by atoms with Gasteiger partial charge in [-0.1, -0.05) is 27.7 Å².